The molecule has 2 atom stereocenters. The van der Waals surface area contributed by atoms with Crippen molar-refractivity contribution >= 4 is 0 Å². The van der Waals surface area contributed by atoms with Crippen LogP contribution in [0.5, 0.6) is 0 Å². The minimum absolute atomic E-state index is 0.456. The van der Waals surface area contributed by atoms with Crippen LogP contribution in [0.1, 0.15) is 46.1 Å². The predicted octanol–water partition coefficient (Wildman–Crippen LogP) is 3.99. The Morgan fingerprint density at radius 3 is 2.39 bits per heavy atom. The monoisotopic (exact) mass is 245 g/mol. The number of hydrogen-bond donors (Lipinski definition) is 1. The zero-order chi connectivity index (χ0) is 13.2. The van der Waals surface area contributed by atoms with Gasteiger partial charge in [0.05, 0.1) is 0 Å². The Labute approximate surface area is 112 Å². The highest BCUT2D eigenvalue weighted by atomic mass is 14.9. The number of benzene rings is 1. The van der Waals surface area contributed by atoms with Gasteiger partial charge in [-0.1, -0.05) is 58.0 Å². The van der Waals surface area contributed by atoms with Crippen molar-refractivity contribution < 1.29 is 0 Å². The topological polar surface area (TPSA) is 12.0 Å². The molecule has 0 radical (unpaired) electrons. The smallest absolute Gasteiger partial charge is 0.00104 e. The highest BCUT2D eigenvalue weighted by molar-refractivity contribution is 5.34. The van der Waals surface area contributed by atoms with Gasteiger partial charge in [-0.3, -0.25) is 0 Å². The third-order valence-corrected chi connectivity index (χ3v) is 4.13. The molecule has 0 aliphatic heterocycles. The summed E-state index contributed by atoms with van der Waals surface area (Å²) in [7, 11) is 0. The molecule has 0 bridgehead atoms. The normalized spacial score (nSPS) is 26.9. The third-order valence-electron chi connectivity index (χ3n) is 4.13. The van der Waals surface area contributed by atoms with Crippen molar-refractivity contribution in [3.8, 4) is 0 Å². The Bertz CT molecular complexity index is 368. The molecule has 1 aliphatic carbocycles. The number of rotatable bonds is 6. The van der Waals surface area contributed by atoms with Crippen LogP contribution in [0.25, 0.3) is 0 Å². The van der Waals surface area contributed by atoms with Crippen molar-refractivity contribution in [3.05, 3.63) is 35.9 Å². The van der Waals surface area contributed by atoms with Crippen LogP contribution in [0.4, 0.5) is 0 Å². The molecule has 1 heteroatoms. The van der Waals surface area contributed by atoms with Crippen molar-refractivity contribution in [2.45, 2.75) is 52.0 Å². The van der Waals surface area contributed by atoms with E-state index in [2.05, 4.69) is 63.3 Å². The van der Waals surface area contributed by atoms with Crippen LogP contribution in [0, 0.1) is 11.8 Å². The van der Waals surface area contributed by atoms with Crippen LogP contribution in [0.2, 0.25) is 0 Å². The fourth-order valence-corrected chi connectivity index (χ4v) is 3.25. The van der Waals surface area contributed by atoms with E-state index in [9.17, 15) is 0 Å². The lowest BCUT2D eigenvalue weighted by Crippen LogP contribution is -2.28. The Morgan fingerprint density at radius 2 is 1.83 bits per heavy atom. The quantitative estimate of drug-likeness (QED) is 0.799. The van der Waals surface area contributed by atoms with E-state index in [-0.39, 0.29) is 0 Å². The van der Waals surface area contributed by atoms with E-state index in [4.69, 9.17) is 0 Å². The SMILES string of the molecule is CC(C)CC1(c2ccccc2)CC1CNC(C)C. The maximum absolute atomic E-state index is 3.61. The molecule has 18 heavy (non-hydrogen) atoms. The summed E-state index contributed by atoms with van der Waals surface area (Å²) < 4.78 is 0. The first-order valence-electron chi connectivity index (χ1n) is 7.33. The Hall–Kier alpha value is -0.820. The van der Waals surface area contributed by atoms with Crippen LogP contribution >= 0.6 is 0 Å². The molecular formula is C17H27N. The van der Waals surface area contributed by atoms with Crippen molar-refractivity contribution in [3.63, 3.8) is 0 Å². The van der Waals surface area contributed by atoms with E-state index in [0.29, 0.717) is 11.5 Å². The predicted molar refractivity (Wildman–Crippen MR) is 78.8 cm³/mol. The number of hydrogen-bond acceptors (Lipinski definition) is 1. The van der Waals surface area contributed by atoms with E-state index in [1.807, 2.05) is 0 Å². The molecule has 0 spiro atoms. The molecule has 0 heterocycles. The summed E-state index contributed by atoms with van der Waals surface area (Å²) >= 11 is 0. The molecule has 1 saturated carbocycles. The first-order valence-corrected chi connectivity index (χ1v) is 7.33. The first kappa shape index (κ1) is 13.6. The highest BCUT2D eigenvalue weighted by Gasteiger charge is 2.54. The molecule has 0 saturated heterocycles. The lowest BCUT2D eigenvalue weighted by molar-refractivity contribution is 0.436. The van der Waals surface area contributed by atoms with Crippen LogP contribution < -0.4 is 5.32 Å². The first-order chi connectivity index (χ1) is 8.54. The second-order valence-corrected chi connectivity index (χ2v) is 6.58. The zero-order valence-corrected chi connectivity index (χ0v) is 12.2. The lowest BCUT2D eigenvalue weighted by Gasteiger charge is -2.21. The Kier molecular flexibility index (Phi) is 4.11. The fraction of sp³-hybridized carbons (Fsp3) is 0.647. The fourth-order valence-electron chi connectivity index (χ4n) is 3.25. The van der Waals surface area contributed by atoms with E-state index in [1.165, 1.54) is 19.4 Å². The largest absolute Gasteiger partial charge is 0.314 e. The van der Waals surface area contributed by atoms with Crippen LogP contribution in [-0.2, 0) is 5.41 Å². The van der Waals surface area contributed by atoms with E-state index >= 15 is 0 Å². The summed E-state index contributed by atoms with van der Waals surface area (Å²) in [5.41, 5.74) is 2.01. The maximum Gasteiger partial charge on any atom is 0.00104 e. The van der Waals surface area contributed by atoms with E-state index in [0.717, 1.165) is 11.8 Å². The van der Waals surface area contributed by atoms with E-state index in [1.54, 1.807) is 5.56 Å². The van der Waals surface area contributed by atoms with Gasteiger partial charge in [0.1, 0.15) is 0 Å². The average molecular weight is 245 g/mol. The molecule has 100 valence electrons. The Balaban J connectivity index is 2.08. The molecule has 2 unspecified atom stereocenters. The molecule has 1 nitrogen and oxygen atoms in total. The van der Waals surface area contributed by atoms with Crippen molar-refractivity contribution in [1.29, 1.82) is 0 Å². The van der Waals surface area contributed by atoms with Crippen molar-refractivity contribution in [2.24, 2.45) is 11.8 Å². The van der Waals surface area contributed by atoms with Gasteiger partial charge in [0, 0.05) is 6.04 Å². The molecule has 1 aromatic carbocycles. The summed E-state index contributed by atoms with van der Waals surface area (Å²) in [5, 5.41) is 3.61. The standard InChI is InChI=1S/C17H27N/c1-13(2)10-17(15-8-6-5-7-9-15)11-16(17)12-18-14(3)4/h5-9,13-14,16,18H,10-12H2,1-4H3. The van der Waals surface area contributed by atoms with Gasteiger partial charge in [0.2, 0.25) is 0 Å². The second kappa shape index (κ2) is 5.44. The molecule has 1 fully saturated rings. The highest BCUT2D eigenvalue weighted by Crippen LogP contribution is 2.57. The molecule has 1 aromatic rings. The molecule has 2 rings (SSSR count). The van der Waals surface area contributed by atoms with Crippen molar-refractivity contribution in [1.82, 2.24) is 5.32 Å². The van der Waals surface area contributed by atoms with Gasteiger partial charge in [0.25, 0.3) is 0 Å². The summed E-state index contributed by atoms with van der Waals surface area (Å²) in [5.74, 6) is 1.60. The van der Waals surface area contributed by atoms with Crippen LogP contribution in [0.3, 0.4) is 0 Å². The molecule has 0 aromatic heterocycles. The minimum Gasteiger partial charge on any atom is -0.314 e. The number of nitrogens with one attached hydrogen (secondary N) is 1. The molecular weight excluding hydrogens is 218 g/mol. The summed E-state index contributed by atoms with van der Waals surface area (Å²) in [6.45, 7) is 10.3. The van der Waals surface area contributed by atoms with Crippen LogP contribution in [0.15, 0.2) is 30.3 Å². The zero-order valence-electron chi connectivity index (χ0n) is 12.2. The average Bonchev–Trinajstić information content (AvgIpc) is 3.01. The maximum atomic E-state index is 3.61. The molecule has 1 N–H and O–H groups in total. The van der Waals surface area contributed by atoms with Gasteiger partial charge in [-0.2, -0.15) is 0 Å². The van der Waals surface area contributed by atoms with Gasteiger partial charge in [-0.15, -0.1) is 0 Å². The lowest BCUT2D eigenvalue weighted by atomic mass is 9.85. The summed E-state index contributed by atoms with van der Waals surface area (Å²) in [6, 6.07) is 11.7. The van der Waals surface area contributed by atoms with Gasteiger partial charge >= 0.3 is 0 Å². The van der Waals surface area contributed by atoms with Gasteiger partial charge < -0.3 is 5.32 Å². The summed E-state index contributed by atoms with van der Waals surface area (Å²) in [4.78, 5) is 0. The molecule has 1 aliphatic rings. The third kappa shape index (κ3) is 2.95. The Morgan fingerprint density at radius 1 is 1.17 bits per heavy atom. The van der Waals surface area contributed by atoms with Gasteiger partial charge in [-0.05, 0) is 42.2 Å². The minimum atomic E-state index is 0.456. The second-order valence-electron chi connectivity index (χ2n) is 6.58. The van der Waals surface area contributed by atoms with Gasteiger partial charge in [-0.25, -0.2) is 0 Å². The molecule has 0 amide bonds. The van der Waals surface area contributed by atoms with Crippen LogP contribution in [-0.4, -0.2) is 12.6 Å². The summed E-state index contributed by atoms with van der Waals surface area (Å²) in [6.07, 6.45) is 2.68. The van der Waals surface area contributed by atoms with Crippen molar-refractivity contribution in [2.75, 3.05) is 6.54 Å². The van der Waals surface area contributed by atoms with Gasteiger partial charge in [0.15, 0.2) is 0 Å². The van der Waals surface area contributed by atoms with E-state index < -0.39 is 0 Å².